The Morgan fingerprint density at radius 3 is 2.30 bits per heavy atom. The van der Waals surface area contributed by atoms with Crippen LogP contribution in [0.4, 0.5) is 5.69 Å². The maximum absolute atomic E-state index is 13.5. The molecule has 7 nitrogen and oxygen atoms in total. The minimum Gasteiger partial charge on any atom is -0.357 e. The van der Waals surface area contributed by atoms with E-state index in [1.54, 1.807) is 43.3 Å². The van der Waals surface area contributed by atoms with E-state index in [4.69, 9.17) is 23.2 Å². The molecule has 0 saturated heterocycles. The fourth-order valence-corrected chi connectivity index (χ4v) is 4.73. The zero-order valence-electron chi connectivity index (χ0n) is 18.7. The number of benzene rings is 2. The first-order valence-corrected chi connectivity index (χ1v) is 13.5. The highest BCUT2D eigenvalue weighted by molar-refractivity contribution is 9.10. The first kappa shape index (κ1) is 27.4. The van der Waals surface area contributed by atoms with Crippen LogP contribution in [0.15, 0.2) is 40.9 Å². The van der Waals surface area contributed by atoms with E-state index in [9.17, 15) is 18.0 Å². The van der Waals surface area contributed by atoms with Crippen LogP contribution in [0, 0.1) is 6.92 Å². The molecule has 180 valence electrons. The summed E-state index contributed by atoms with van der Waals surface area (Å²) in [4.78, 5) is 27.4. The van der Waals surface area contributed by atoms with E-state index < -0.39 is 28.5 Å². The number of hydrogen-bond acceptors (Lipinski definition) is 4. The van der Waals surface area contributed by atoms with Crippen molar-refractivity contribution in [2.75, 3.05) is 24.2 Å². The number of anilines is 1. The van der Waals surface area contributed by atoms with Gasteiger partial charge < -0.3 is 10.2 Å². The van der Waals surface area contributed by atoms with Crippen LogP contribution in [-0.2, 0) is 26.2 Å². The molecule has 0 unspecified atom stereocenters. The van der Waals surface area contributed by atoms with Crippen LogP contribution in [0.5, 0.6) is 0 Å². The van der Waals surface area contributed by atoms with Crippen molar-refractivity contribution in [2.45, 2.75) is 32.9 Å². The van der Waals surface area contributed by atoms with Gasteiger partial charge in [0, 0.05) is 18.1 Å². The number of carbonyl (C=O) groups is 2. The molecule has 0 radical (unpaired) electrons. The maximum atomic E-state index is 13.5. The molecular formula is C22H26BrCl2N3O4S. The smallest absolute Gasteiger partial charge is 0.244 e. The number of nitrogens with one attached hydrogen (secondary N) is 1. The second-order valence-corrected chi connectivity index (χ2v) is 11.1. The number of rotatable bonds is 9. The van der Waals surface area contributed by atoms with Crippen LogP contribution >= 0.6 is 39.1 Å². The lowest BCUT2D eigenvalue weighted by Gasteiger charge is -2.32. The summed E-state index contributed by atoms with van der Waals surface area (Å²) < 4.78 is 27.0. The molecule has 2 aromatic carbocycles. The van der Waals surface area contributed by atoms with Gasteiger partial charge in [-0.25, -0.2) is 8.42 Å². The quantitative estimate of drug-likeness (QED) is 0.478. The Balaban J connectivity index is 2.46. The molecule has 2 aromatic rings. The molecular weight excluding hydrogens is 553 g/mol. The fourth-order valence-electron chi connectivity index (χ4n) is 3.32. The number of amides is 2. The van der Waals surface area contributed by atoms with Gasteiger partial charge in [0.05, 0.1) is 22.0 Å². The number of likely N-dealkylation sites (N-methyl/N-ethyl adjacent to an activating group) is 1. The summed E-state index contributed by atoms with van der Waals surface area (Å²) >= 11 is 15.5. The van der Waals surface area contributed by atoms with Gasteiger partial charge in [0.2, 0.25) is 21.8 Å². The molecule has 0 aliphatic heterocycles. The molecule has 0 aliphatic rings. The van der Waals surface area contributed by atoms with Crippen LogP contribution < -0.4 is 9.62 Å². The van der Waals surface area contributed by atoms with E-state index in [1.165, 1.54) is 11.9 Å². The summed E-state index contributed by atoms with van der Waals surface area (Å²) in [7, 11) is -2.30. The summed E-state index contributed by atoms with van der Waals surface area (Å²) in [6.07, 6.45) is 1.38. The van der Waals surface area contributed by atoms with Gasteiger partial charge in [-0.3, -0.25) is 13.9 Å². The average Bonchev–Trinajstić information content (AvgIpc) is 2.75. The van der Waals surface area contributed by atoms with Crippen LogP contribution in [0.3, 0.4) is 0 Å². The predicted octanol–water partition coefficient (Wildman–Crippen LogP) is 4.38. The van der Waals surface area contributed by atoms with Crippen molar-refractivity contribution in [1.82, 2.24) is 10.2 Å². The van der Waals surface area contributed by atoms with Crippen molar-refractivity contribution in [2.24, 2.45) is 0 Å². The topological polar surface area (TPSA) is 86.8 Å². The minimum absolute atomic E-state index is 0.0542. The van der Waals surface area contributed by atoms with Crippen molar-refractivity contribution in [3.8, 4) is 0 Å². The Kier molecular flexibility index (Phi) is 9.60. The van der Waals surface area contributed by atoms with Gasteiger partial charge in [-0.2, -0.15) is 0 Å². The van der Waals surface area contributed by atoms with Crippen molar-refractivity contribution in [3.63, 3.8) is 0 Å². The molecule has 1 N–H and O–H groups in total. The first-order chi connectivity index (χ1) is 15.4. The van der Waals surface area contributed by atoms with E-state index in [-0.39, 0.29) is 12.5 Å². The molecule has 0 saturated carbocycles. The molecule has 1 atom stereocenters. The zero-order chi connectivity index (χ0) is 24.9. The Bertz CT molecular complexity index is 1140. The molecule has 33 heavy (non-hydrogen) atoms. The first-order valence-electron chi connectivity index (χ1n) is 10.1. The molecule has 2 rings (SSSR count). The molecule has 0 aromatic heterocycles. The summed E-state index contributed by atoms with van der Waals surface area (Å²) in [6, 6.07) is 9.15. The molecule has 0 bridgehead atoms. The normalized spacial score (nSPS) is 12.2. The van der Waals surface area contributed by atoms with E-state index in [1.807, 2.05) is 6.92 Å². The highest BCUT2D eigenvalue weighted by Gasteiger charge is 2.31. The number of carbonyl (C=O) groups excluding carboxylic acids is 2. The summed E-state index contributed by atoms with van der Waals surface area (Å²) in [5.74, 6) is -0.876. The van der Waals surface area contributed by atoms with Gasteiger partial charge >= 0.3 is 0 Å². The molecule has 2 amide bonds. The Labute approximate surface area is 213 Å². The third kappa shape index (κ3) is 7.09. The number of halogens is 3. The Morgan fingerprint density at radius 1 is 1.12 bits per heavy atom. The number of sulfonamides is 1. The Hall–Kier alpha value is -1.81. The highest BCUT2D eigenvalue weighted by atomic mass is 79.9. The molecule has 0 fully saturated rings. The third-order valence-corrected chi connectivity index (χ3v) is 7.85. The zero-order valence-corrected chi connectivity index (χ0v) is 22.6. The SMILES string of the molecule is CC[C@@H](C(=O)NC)N(Cc1ccc(Cl)c(Cl)c1)C(=O)CN(c1ccc(Br)c(C)c1)S(C)(=O)=O. The lowest BCUT2D eigenvalue weighted by Crippen LogP contribution is -2.51. The van der Waals surface area contributed by atoms with Crippen LogP contribution in [0.1, 0.15) is 24.5 Å². The van der Waals surface area contributed by atoms with Crippen molar-refractivity contribution < 1.29 is 18.0 Å². The summed E-state index contributed by atoms with van der Waals surface area (Å²) in [6.45, 7) is 3.19. The Morgan fingerprint density at radius 2 is 1.79 bits per heavy atom. The van der Waals surface area contributed by atoms with E-state index >= 15 is 0 Å². The van der Waals surface area contributed by atoms with Gasteiger partial charge in [-0.1, -0.05) is 52.1 Å². The van der Waals surface area contributed by atoms with E-state index in [0.29, 0.717) is 27.7 Å². The van der Waals surface area contributed by atoms with Gasteiger partial charge in [0.1, 0.15) is 12.6 Å². The van der Waals surface area contributed by atoms with Gasteiger partial charge in [-0.15, -0.1) is 0 Å². The molecule has 11 heteroatoms. The number of hydrogen-bond donors (Lipinski definition) is 1. The fraction of sp³-hybridized carbons (Fsp3) is 0.364. The lowest BCUT2D eigenvalue weighted by molar-refractivity contribution is -0.140. The van der Waals surface area contributed by atoms with Gasteiger partial charge in [0.25, 0.3) is 0 Å². The summed E-state index contributed by atoms with van der Waals surface area (Å²) in [5, 5.41) is 3.25. The van der Waals surface area contributed by atoms with Crippen LogP contribution in [0.2, 0.25) is 10.0 Å². The van der Waals surface area contributed by atoms with Crippen molar-refractivity contribution >= 4 is 66.7 Å². The second kappa shape index (κ2) is 11.6. The van der Waals surface area contributed by atoms with Gasteiger partial charge in [-0.05, 0) is 54.8 Å². The molecule has 0 spiro atoms. The average molecular weight is 579 g/mol. The van der Waals surface area contributed by atoms with Crippen LogP contribution in [-0.4, -0.2) is 51.0 Å². The molecule has 0 heterocycles. The van der Waals surface area contributed by atoms with Crippen molar-refractivity contribution in [1.29, 1.82) is 0 Å². The minimum atomic E-state index is -3.79. The molecule has 0 aliphatic carbocycles. The maximum Gasteiger partial charge on any atom is 0.244 e. The standard InChI is InChI=1S/C22H26BrCl2N3O4S/c1-5-20(22(30)26-3)27(12-15-6-9-18(24)19(25)11-15)21(29)13-28(33(4,31)32)16-7-8-17(23)14(2)10-16/h6-11,20H,5,12-13H2,1-4H3,(H,26,30)/t20-/m0/s1. The second-order valence-electron chi connectivity index (χ2n) is 7.51. The van der Waals surface area contributed by atoms with Gasteiger partial charge in [0.15, 0.2) is 0 Å². The predicted molar refractivity (Wildman–Crippen MR) is 136 cm³/mol. The van der Waals surface area contributed by atoms with E-state index in [0.717, 1.165) is 20.6 Å². The van der Waals surface area contributed by atoms with E-state index in [2.05, 4.69) is 21.2 Å². The number of nitrogens with zero attached hydrogens (tertiary/aromatic N) is 2. The monoisotopic (exact) mass is 577 g/mol. The number of aryl methyl sites for hydroxylation is 1. The van der Waals surface area contributed by atoms with Crippen LogP contribution in [0.25, 0.3) is 0 Å². The lowest BCUT2D eigenvalue weighted by atomic mass is 10.1. The highest BCUT2D eigenvalue weighted by Crippen LogP contribution is 2.26. The largest absolute Gasteiger partial charge is 0.357 e. The van der Waals surface area contributed by atoms with Crippen molar-refractivity contribution in [3.05, 3.63) is 62.0 Å². The summed E-state index contributed by atoms with van der Waals surface area (Å²) in [5.41, 5.74) is 1.83. The third-order valence-electron chi connectivity index (χ3n) is 5.08.